The Labute approximate surface area is 160 Å². The van der Waals surface area contributed by atoms with E-state index >= 15 is 0 Å². The minimum Gasteiger partial charge on any atom is -0.382 e. The molecule has 138 valence electrons. The number of nitrogens with one attached hydrogen (secondary N) is 1. The van der Waals surface area contributed by atoms with Crippen LogP contribution in [0.3, 0.4) is 0 Å². The van der Waals surface area contributed by atoms with Crippen LogP contribution in [-0.2, 0) is 19.4 Å². The number of aryl methyl sites for hydroxylation is 2. The molecule has 0 radical (unpaired) electrons. The lowest BCUT2D eigenvalue weighted by Gasteiger charge is -2.23. The molecule has 2 N–H and O–H groups in total. The fourth-order valence-electron chi connectivity index (χ4n) is 2.44. The van der Waals surface area contributed by atoms with Crippen molar-refractivity contribution in [1.29, 1.82) is 0 Å². The van der Waals surface area contributed by atoms with Crippen molar-refractivity contribution in [3.8, 4) is 0 Å². The summed E-state index contributed by atoms with van der Waals surface area (Å²) in [6, 6.07) is 0. The van der Waals surface area contributed by atoms with Crippen molar-refractivity contribution < 1.29 is 18.3 Å². The van der Waals surface area contributed by atoms with Crippen LogP contribution in [0.25, 0.3) is 0 Å². The maximum absolute atomic E-state index is 12.3. The van der Waals surface area contributed by atoms with E-state index in [1.54, 1.807) is 23.3 Å². The number of halogens is 4. The molecular formula is C14H22F3IN4OS. The van der Waals surface area contributed by atoms with Crippen LogP contribution in [0.15, 0.2) is 4.99 Å². The van der Waals surface area contributed by atoms with Gasteiger partial charge in [0, 0.05) is 19.0 Å². The van der Waals surface area contributed by atoms with Gasteiger partial charge in [0.2, 0.25) is 0 Å². The summed E-state index contributed by atoms with van der Waals surface area (Å²) in [6.07, 6.45) is -2.66. The van der Waals surface area contributed by atoms with E-state index in [1.807, 2.05) is 0 Å². The second-order valence-electron chi connectivity index (χ2n) is 5.53. The van der Waals surface area contributed by atoms with Gasteiger partial charge < -0.3 is 15.3 Å². The summed E-state index contributed by atoms with van der Waals surface area (Å²) in [4.78, 5) is 11.6. The monoisotopic (exact) mass is 478 g/mol. The molecule has 1 unspecified atom stereocenters. The van der Waals surface area contributed by atoms with E-state index in [-0.39, 0.29) is 24.0 Å². The summed E-state index contributed by atoms with van der Waals surface area (Å²) in [5.74, 6) is 0.293. The first-order valence-electron chi connectivity index (χ1n) is 7.45. The third-order valence-corrected chi connectivity index (χ3v) is 4.81. The highest BCUT2D eigenvalue weighted by molar-refractivity contribution is 14.0. The zero-order chi connectivity index (χ0) is 17.0. The average Bonchev–Trinajstić information content (AvgIpc) is 2.88. The Balaban J connectivity index is 0.00000288. The van der Waals surface area contributed by atoms with Gasteiger partial charge in [-0.3, -0.25) is 4.99 Å². The van der Waals surface area contributed by atoms with Crippen LogP contribution in [-0.4, -0.2) is 53.9 Å². The van der Waals surface area contributed by atoms with Gasteiger partial charge in [0.1, 0.15) is 5.01 Å². The van der Waals surface area contributed by atoms with Crippen LogP contribution < -0.4 is 5.32 Å². The summed E-state index contributed by atoms with van der Waals surface area (Å²) >= 11 is 1.66. The van der Waals surface area contributed by atoms with Gasteiger partial charge in [-0.15, -0.1) is 35.3 Å². The number of aliphatic hydroxyl groups excluding tert-OH is 1. The summed E-state index contributed by atoms with van der Waals surface area (Å²) in [6.45, 7) is -0.158. The molecule has 1 aliphatic rings. The van der Waals surface area contributed by atoms with Crippen molar-refractivity contribution in [3.63, 3.8) is 0 Å². The van der Waals surface area contributed by atoms with Gasteiger partial charge in [0.05, 0.1) is 18.8 Å². The van der Waals surface area contributed by atoms with Gasteiger partial charge in [-0.05, 0) is 25.7 Å². The fraction of sp³-hybridized carbons (Fsp3) is 0.714. The van der Waals surface area contributed by atoms with Crippen LogP contribution in [0.5, 0.6) is 0 Å². The van der Waals surface area contributed by atoms with Crippen molar-refractivity contribution in [1.82, 2.24) is 15.2 Å². The molecule has 0 aliphatic heterocycles. The average molecular weight is 478 g/mol. The first kappa shape index (κ1) is 21.4. The lowest BCUT2D eigenvalue weighted by atomic mass is 10.0. The largest absolute Gasteiger partial charge is 0.416 e. The van der Waals surface area contributed by atoms with Gasteiger partial charge >= 0.3 is 6.18 Å². The quantitative estimate of drug-likeness (QED) is 0.397. The molecule has 1 heterocycles. The minimum atomic E-state index is -4.64. The van der Waals surface area contributed by atoms with Gasteiger partial charge in [0.25, 0.3) is 0 Å². The summed E-state index contributed by atoms with van der Waals surface area (Å²) in [5, 5.41) is 12.5. The van der Waals surface area contributed by atoms with E-state index in [2.05, 4.69) is 15.3 Å². The van der Waals surface area contributed by atoms with E-state index in [1.165, 1.54) is 18.3 Å². The first-order valence-corrected chi connectivity index (χ1v) is 8.27. The molecule has 5 nitrogen and oxygen atoms in total. The molecular weight excluding hydrogens is 456 g/mol. The first-order chi connectivity index (χ1) is 10.8. The van der Waals surface area contributed by atoms with Gasteiger partial charge in [-0.25, -0.2) is 4.98 Å². The Hall–Kier alpha value is -0.620. The molecule has 0 amide bonds. The van der Waals surface area contributed by atoms with Crippen molar-refractivity contribution >= 4 is 41.3 Å². The van der Waals surface area contributed by atoms with Crippen LogP contribution in [0.4, 0.5) is 13.2 Å². The maximum Gasteiger partial charge on any atom is 0.416 e. The Morgan fingerprint density at radius 1 is 1.42 bits per heavy atom. The van der Waals surface area contributed by atoms with E-state index in [0.717, 1.165) is 30.0 Å². The second kappa shape index (κ2) is 9.18. The topological polar surface area (TPSA) is 60.8 Å². The number of alkyl halides is 3. The second-order valence-corrected chi connectivity index (χ2v) is 6.69. The molecule has 0 aromatic carbocycles. The number of nitrogens with zero attached hydrogens (tertiary/aromatic N) is 3. The summed E-state index contributed by atoms with van der Waals surface area (Å²) in [5.41, 5.74) is 1.15. The molecule has 2 rings (SSSR count). The number of aromatic nitrogens is 1. The lowest BCUT2D eigenvalue weighted by Crippen LogP contribution is -2.45. The number of rotatable bonds is 4. The van der Waals surface area contributed by atoms with Gasteiger partial charge in [-0.1, -0.05) is 0 Å². The van der Waals surface area contributed by atoms with E-state index in [0.29, 0.717) is 12.5 Å². The number of fused-ring (bicyclic) bond motifs is 1. The molecule has 0 fully saturated rings. The standard InChI is InChI=1S/C14H21F3N4OS.HI/c1-18-13(19-7-11(22)14(15,16)17)21(2)8-12-20-9-5-3-4-6-10(9)23-12;/h11,22H,3-8H2,1-2H3,(H,18,19);1H. The number of aliphatic hydroxyl groups is 1. The molecule has 24 heavy (non-hydrogen) atoms. The Bertz CT molecular complexity index is 541. The Morgan fingerprint density at radius 3 is 2.67 bits per heavy atom. The van der Waals surface area contributed by atoms with E-state index in [9.17, 15) is 13.2 Å². The minimum absolute atomic E-state index is 0. The molecule has 1 aromatic heterocycles. The third kappa shape index (κ3) is 5.73. The zero-order valence-electron chi connectivity index (χ0n) is 13.6. The number of thiazole rings is 1. The number of guanidine groups is 1. The van der Waals surface area contributed by atoms with Crippen molar-refractivity contribution in [2.75, 3.05) is 20.6 Å². The molecule has 1 aliphatic carbocycles. The highest BCUT2D eigenvalue weighted by atomic mass is 127. The molecule has 1 atom stereocenters. The third-order valence-electron chi connectivity index (χ3n) is 3.67. The Morgan fingerprint density at radius 2 is 2.08 bits per heavy atom. The van der Waals surface area contributed by atoms with E-state index in [4.69, 9.17) is 5.11 Å². The molecule has 0 saturated heterocycles. The molecule has 10 heteroatoms. The van der Waals surface area contributed by atoms with Gasteiger partial charge in [0.15, 0.2) is 12.1 Å². The van der Waals surface area contributed by atoms with Crippen molar-refractivity contribution in [2.45, 2.75) is 44.5 Å². The predicted octanol–water partition coefficient (Wildman–Crippen LogP) is 2.57. The Kier molecular flexibility index (Phi) is 8.20. The van der Waals surface area contributed by atoms with Crippen LogP contribution in [0, 0.1) is 0 Å². The number of hydrogen-bond acceptors (Lipinski definition) is 4. The van der Waals surface area contributed by atoms with Crippen LogP contribution in [0.1, 0.15) is 28.4 Å². The van der Waals surface area contributed by atoms with Crippen LogP contribution in [0.2, 0.25) is 0 Å². The molecule has 0 spiro atoms. The van der Waals surface area contributed by atoms with Crippen molar-refractivity contribution in [2.24, 2.45) is 4.99 Å². The predicted molar refractivity (Wildman–Crippen MR) is 99.1 cm³/mol. The normalized spacial score (nSPS) is 16.2. The zero-order valence-corrected chi connectivity index (χ0v) is 16.7. The molecule has 0 bridgehead atoms. The molecule has 0 saturated carbocycles. The highest BCUT2D eigenvalue weighted by Crippen LogP contribution is 2.27. The SMILES string of the molecule is CN=C(NCC(O)C(F)(F)F)N(C)Cc1nc2c(s1)CCCC2.I. The summed E-state index contributed by atoms with van der Waals surface area (Å²) < 4.78 is 37.0. The fourth-order valence-corrected chi connectivity index (χ4v) is 3.65. The smallest absolute Gasteiger partial charge is 0.382 e. The van der Waals surface area contributed by atoms with E-state index < -0.39 is 18.8 Å². The van der Waals surface area contributed by atoms with Crippen molar-refractivity contribution in [3.05, 3.63) is 15.6 Å². The number of hydrogen-bond donors (Lipinski definition) is 2. The number of aliphatic imine (C=N–C) groups is 1. The van der Waals surface area contributed by atoms with Crippen LogP contribution >= 0.6 is 35.3 Å². The maximum atomic E-state index is 12.3. The van der Waals surface area contributed by atoms with Gasteiger partial charge in [-0.2, -0.15) is 13.2 Å². The highest BCUT2D eigenvalue weighted by Gasteiger charge is 2.38. The molecule has 1 aromatic rings. The lowest BCUT2D eigenvalue weighted by molar-refractivity contribution is -0.201. The summed E-state index contributed by atoms with van der Waals surface area (Å²) in [7, 11) is 3.22.